The van der Waals surface area contributed by atoms with Gasteiger partial charge in [-0.25, -0.2) is 14.4 Å². The zero-order valence-corrected chi connectivity index (χ0v) is 13.0. The van der Waals surface area contributed by atoms with E-state index in [0.717, 1.165) is 21.3 Å². The maximum Gasteiger partial charge on any atom is 0.208 e. The third-order valence-electron chi connectivity index (χ3n) is 3.66. The maximum atomic E-state index is 13.2. The monoisotopic (exact) mass is 362 g/mol. The van der Waals surface area contributed by atoms with Crippen LogP contribution in [0, 0.1) is 5.82 Å². The van der Waals surface area contributed by atoms with Gasteiger partial charge in [0.1, 0.15) is 24.0 Å². The van der Waals surface area contributed by atoms with Crippen molar-refractivity contribution in [1.29, 1.82) is 0 Å². The zero-order chi connectivity index (χ0) is 15.1. The van der Waals surface area contributed by atoms with Crippen LogP contribution in [0.25, 0.3) is 5.52 Å². The molecule has 3 aromatic rings. The molecule has 3 heterocycles. The van der Waals surface area contributed by atoms with E-state index in [9.17, 15) is 4.39 Å². The van der Waals surface area contributed by atoms with Crippen LogP contribution in [0.3, 0.4) is 0 Å². The van der Waals surface area contributed by atoms with Crippen LogP contribution in [0.1, 0.15) is 5.56 Å². The van der Waals surface area contributed by atoms with Crippen LogP contribution in [0.4, 0.5) is 10.3 Å². The quantitative estimate of drug-likeness (QED) is 0.777. The molecular weight excluding hydrogens is 351 g/mol. The summed E-state index contributed by atoms with van der Waals surface area (Å²) in [4.78, 5) is 8.48. The molecular formula is C15H12BrFN4O. The Morgan fingerprint density at radius 3 is 3.23 bits per heavy atom. The smallest absolute Gasteiger partial charge is 0.208 e. The molecule has 1 unspecified atom stereocenters. The minimum Gasteiger partial charge on any atom is -0.488 e. The molecule has 0 spiro atoms. The minimum absolute atomic E-state index is 0.0409. The highest BCUT2D eigenvalue weighted by Crippen LogP contribution is 2.29. The highest BCUT2D eigenvalue weighted by Gasteiger charge is 2.23. The van der Waals surface area contributed by atoms with Gasteiger partial charge >= 0.3 is 0 Å². The summed E-state index contributed by atoms with van der Waals surface area (Å²) in [5.41, 5.74) is 1.85. The molecule has 1 atom stereocenters. The average Bonchev–Trinajstić information content (AvgIpc) is 3.13. The second kappa shape index (κ2) is 5.24. The van der Waals surface area contributed by atoms with E-state index >= 15 is 0 Å². The molecule has 22 heavy (non-hydrogen) atoms. The summed E-state index contributed by atoms with van der Waals surface area (Å²) in [6.07, 6.45) is 5.85. The van der Waals surface area contributed by atoms with Gasteiger partial charge in [0, 0.05) is 18.2 Å². The fraction of sp³-hybridized carbons (Fsp3) is 0.200. The third-order valence-corrected chi connectivity index (χ3v) is 4.27. The zero-order valence-electron chi connectivity index (χ0n) is 11.5. The molecule has 4 rings (SSSR count). The number of nitrogens with zero attached hydrogens (tertiary/aromatic N) is 3. The molecule has 0 radical (unpaired) electrons. The molecule has 1 aliphatic heterocycles. The second-order valence-corrected chi connectivity index (χ2v) is 6.01. The van der Waals surface area contributed by atoms with Gasteiger partial charge in [0.2, 0.25) is 5.95 Å². The summed E-state index contributed by atoms with van der Waals surface area (Å²) in [5.74, 6) is 1.22. The highest BCUT2D eigenvalue weighted by atomic mass is 79.9. The summed E-state index contributed by atoms with van der Waals surface area (Å²) in [6.45, 7) is 0.582. The van der Waals surface area contributed by atoms with E-state index in [0.29, 0.717) is 18.9 Å². The van der Waals surface area contributed by atoms with E-state index in [1.807, 2.05) is 4.40 Å². The summed E-state index contributed by atoms with van der Waals surface area (Å²) in [7, 11) is 0. The molecule has 0 saturated heterocycles. The van der Waals surface area contributed by atoms with E-state index in [2.05, 4.69) is 31.2 Å². The van der Waals surface area contributed by atoms with Crippen molar-refractivity contribution in [3.8, 4) is 5.75 Å². The first-order valence-corrected chi connectivity index (χ1v) is 7.65. The lowest BCUT2D eigenvalue weighted by Crippen LogP contribution is -2.25. The predicted molar refractivity (Wildman–Crippen MR) is 83.7 cm³/mol. The number of hydrogen-bond donors (Lipinski definition) is 1. The van der Waals surface area contributed by atoms with Gasteiger partial charge < -0.3 is 10.1 Å². The van der Waals surface area contributed by atoms with E-state index in [-0.39, 0.29) is 11.9 Å². The number of halogens is 2. The van der Waals surface area contributed by atoms with Crippen LogP contribution in [0.2, 0.25) is 0 Å². The van der Waals surface area contributed by atoms with Crippen molar-refractivity contribution in [2.45, 2.75) is 12.5 Å². The van der Waals surface area contributed by atoms with Crippen LogP contribution in [-0.4, -0.2) is 27.0 Å². The van der Waals surface area contributed by atoms with Crippen LogP contribution in [0.15, 0.2) is 41.4 Å². The SMILES string of the molecule is Fc1ccc2c(c1)CC(CNc1ncc(Br)c3cncn13)O2. The lowest BCUT2D eigenvalue weighted by atomic mass is 10.1. The van der Waals surface area contributed by atoms with Crippen molar-refractivity contribution in [2.75, 3.05) is 11.9 Å². The number of ether oxygens (including phenoxy) is 1. The van der Waals surface area contributed by atoms with Gasteiger partial charge in [-0.15, -0.1) is 0 Å². The topological polar surface area (TPSA) is 51.5 Å². The summed E-state index contributed by atoms with van der Waals surface area (Å²) in [6, 6.07) is 4.62. The van der Waals surface area contributed by atoms with Crippen molar-refractivity contribution >= 4 is 27.4 Å². The molecule has 1 aromatic carbocycles. The van der Waals surface area contributed by atoms with Crippen molar-refractivity contribution < 1.29 is 9.13 Å². The first-order chi connectivity index (χ1) is 10.7. The normalized spacial score (nSPS) is 16.5. The Hall–Kier alpha value is -2.15. The third kappa shape index (κ3) is 2.31. The number of fused-ring (bicyclic) bond motifs is 2. The Bertz CT molecular complexity index is 851. The summed E-state index contributed by atoms with van der Waals surface area (Å²) >= 11 is 3.44. The summed E-state index contributed by atoms with van der Waals surface area (Å²) < 4.78 is 21.8. The number of rotatable bonds is 3. The van der Waals surface area contributed by atoms with E-state index < -0.39 is 0 Å². The van der Waals surface area contributed by atoms with Gasteiger partial charge in [-0.2, -0.15) is 0 Å². The van der Waals surface area contributed by atoms with Crippen molar-refractivity contribution in [3.05, 3.63) is 52.8 Å². The Kier molecular flexibility index (Phi) is 3.22. The highest BCUT2D eigenvalue weighted by molar-refractivity contribution is 9.10. The fourth-order valence-corrected chi connectivity index (χ4v) is 3.02. The molecule has 0 saturated carbocycles. The molecule has 1 N–H and O–H groups in total. The largest absolute Gasteiger partial charge is 0.488 e. The van der Waals surface area contributed by atoms with E-state index in [4.69, 9.17) is 4.74 Å². The van der Waals surface area contributed by atoms with Crippen LogP contribution < -0.4 is 10.1 Å². The van der Waals surface area contributed by atoms with Crippen LogP contribution in [-0.2, 0) is 6.42 Å². The Balaban J connectivity index is 1.49. The summed E-state index contributed by atoms with van der Waals surface area (Å²) in [5, 5.41) is 3.26. The minimum atomic E-state index is -0.231. The van der Waals surface area contributed by atoms with E-state index in [1.165, 1.54) is 12.1 Å². The number of benzene rings is 1. The van der Waals surface area contributed by atoms with Gasteiger partial charge in [0.25, 0.3) is 0 Å². The molecule has 0 aliphatic carbocycles. The van der Waals surface area contributed by atoms with E-state index in [1.54, 1.807) is 24.8 Å². The fourth-order valence-electron chi connectivity index (χ4n) is 2.63. The Morgan fingerprint density at radius 2 is 2.32 bits per heavy atom. The van der Waals surface area contributed by atoms with Gasteiger partial charge in [0.15, 0.2) is 0 Å². The van der Waals surface area contributed by atoms with Gasteiger partial charge in [-0.3, -0.25) is 4.40 Å². The molecule has 1 aliphatic rings. The number of hydrogen-bond acceptors (Lipinski definition) is 4. The Morgan fingerprint density at radius 1 is 1.41 bits per heavy atom. The maximum absolute atomic E-state index is 13.2. The van der Waals surface area contributed by atoms with Crippen molar-refractivity contribution in [3.63, 3.8) is 0 Å². The van der Waals surface area contributed by atoms with Crippen LogP contribution >= 0.6 is 15.9 Å². The standard InChI is InChI=1S/C15H12BrFN4O/c16-12-6-20-15(21-8-18-7-13(12)21)19-5-11-4-9-3-10(17)1-2-14(9)22-11/h1-3,6-8,11H,4-5H2,(H,19,20). The number of imidazole rings is 1. The number of aromatic nitrogens is 3. The molecule has 0 bridgehead atoms. The average molecular weight is 363 g/mol. The lowest BCUT2D eigenvalue weighted by Gasteiger charge is -2.13. The Labute approximate surface area is 134 Å². The number of nitrogens with one attached hydrogen (secondary N) is 1. The molecule has 2 aromatic heterocycles. The molecule has 0 fully saturated rings. The molecule has 0 amide bonds. The molecule has 112 valence electrons. The molecule has 5 nitrogen and oxygen atoms in total. The first-order valence-electron chi connectivity index (χ1n) is 6.86. The van der Waals surface area contributed by atoms with Gasteiger partial charge in [-0.1, -0.05) is 0 Å². The van der Waals surface area contributed by atoms with Gasteiger partial charge in [-0.05, 0) is 34.1 Å². The van der Waals surface area contributed by atoms with Crippen molar-refractivity contribution in [2.24, 2.45) is 0 Å². The first kappa shape index (κ1) is 13.5. The predicted octanol–water partition coefficient (Wildman–Crippen LogP) is 3.05. The lowest BCUT2D eigenvalue weighted by molar-refractivity contribution is 0.246. The van der Waals surface area contributed by atoms with Crippen molar-refractivity contribution in [1.82, 2.24) is 14.4 Å². The second-order valence-electron chi connectivity index (χ2n) is 5.16. The van der Waals surface area contributed by atoms with Crippen LogP contribution in [0.5, 0.6) is 5.75 Å². The van der Waals surface area contributed by atoms with Gasteiger partial charge in [0.05, 0.1) is 22.7 Å². The number of anilines is 1. The molecule has 7 heteroatoms.